The smallest absolute Gasteiger partial charge is 0.266 e. The highest BCUT2D eigenvalue weighted by Gasteiger charge is 2.51. The molecule has 1 aromatic heterocycles. The van der Waals surface area contributed by atoms with E-state index < -0.39 is 5.54 Å². The van der Waals surface area contributed by atoms with Gasteiger partial charge in [-0.15, -0.1) is 0 Å². The van der Waals surface area contributed by atoms with Gasteiger partial charge in [0.15, 0.2) is 11.3 Å². The van der Waals surface area contributed by atoms with E-state index in [2.05, 4.69) is 26.6 Å². The van der Waals surface area contributed by atoms with Crippen LogP contribution in [0.1, 0.15) is 11.3 Å². The first-order valence-electron chi connectivity index (χ1n) is 10.8. The Bertz CT molecular complexity index is 1490. The summed E-state index contributed by atoms with van der Waals surface area (Å²) in [5.41, 5.74) is 2.68. The van der Waals surface area contributed by atoms with Crippen molar-refractivity contribution in [1.82, 2.24) is 10.6 Å². The number of furan rings is 1. The molecule has 1 spiro atoms. The lowest BCUT2D eigenvalue weighted by Crippen LogP contribution is -2.46. The Hall–Kier alpha value is -3.97. The predicted molar refractivity (Wildman–Crippen MR) is 136 cm³/mol. The summed E-state index contributed by atoms with van der Waals surface area (Å²) >= 11 is 3.51. The van der Waals surface area contributed by atoms with Crippen LogP contribution in [0, 0.1) is 0 Å². The van der Waals surface area contributed by atoms with Gasteiger partial charge >= 0.3 is 0 Å². The first-order valence-corrected chi connectivity index (χ1v) is 11.6. The number of anilines is 2. The van der Waals surface area contributed by atoms with E-state index in [0.29, 0.717) is 17.2 Å². The van der Waals surface area contributed by atoms with E-state index in [-0.39, 0.29) is 5.91 Å². The number of benzene rings is 3. The minimum atomic E-state index is -1.16. The van der Waals surface area contributed by atoms with Gasteiger partial charge in [0.1, 0.15) is 11.3 Å². The Morgan fingerprint density at radius 2 is 1.85 bits per heavy atom. The zero-order valence-electron chi connectivity index (χ0n) is 18.2. The number of hydrogen-bond acceptors (Lipinski definition) is 5. The summed E-state index contributed by atoms with van der Waals surface area (Å²) in [6.07, 6.45) is 5.41. The fourth-order valence-corrected chi connectivity index (χ4v) is 4.94. The number of hydrogen-bond donors (Lipinski definition) is 2. The van der Waals surface area contributed by atoms with Crippen LogP contribution in [0.2, 0.25) is 0 Å². The summed E-state index contributed by atoms with van der Waals surface area (Å²) in [4.78, 5) is 15.9. The standard InChI is InChI=1S/C27H20BrN3O3/c1-33-20-8-9-23-21(15-20)27(26(32)31(23)19-5-3-2-4-6-19)16-22(29-11-12-30-27)25-14-17-13-18(28)7-10-24(17)34-25/h2-16,29-30H,1H3. The Morgan fingerprint density at radius 1 is 1.00 bits per heavy atom. The maximum atomic E-state index is 14.2. The third-order valence-corrected chi connectivity index (χ3v) is 6.66. The third kappa shape index (κ3) is 3.12. The van der Waals surface area contributed by atoms with Gasteiger partial charge in [-0.05, 0) is 60.7 Å². The van der Waals surface area contributed by atoms with Crippen molar-refractivity contribution in [3.05, 3.63) is 107 Å². The first-order chi connectivity index (χ1) is 16.6. The largest absolute Gasteiger partial charge is 0.497 e. The number of carbonyl (C=O) groups excluding carboxylic acids is 1. The van der Waals surface area contributed by atoms with Gasteiger partial charge < -0.3 is 19.8 Å². The van der Waals surface area contributed by atoms with Crippen molar-refractivity contribution >= 4 is 49.9 Å². The van der Waals surface area contributed by atoms with Crippen LogP contribution < -0.4 is 20.3 Å². The van der Waals surface area contributed by atoms with E-state index in [9.17, 15) is 4.79 Å². The van der Waals surface area contributed by atoms with E-state index in [0.717, 1.165) is 32.4 Å². The van der Waals surface area contributed by atoms with Gasteiger partial charge in [0, 0.05) is 33.5 Å². The van der Waals surface area contributed by atoms with Crippen molar-refractivity contribution in [2.24, 2.45) is 0 Å². The number of methoxy groups -OCH3 is 1. The summed E-state index contributed by atoms with van der Waals surface area (Å²) in [6.45, 7) is 0. The molecule has 2 N–H and O–H groups in total. The molecule has 0 aliphatic carbocycles. The fraction of sp³-hybridized carbons (Fsp3) is 0.0741. The Balaban J connectivity index is 1.56. The molecule has 1 unspecified atom stereocenters. The van der Waals surface area contributed by atoms with Crippen LogP contribution in [-0.4, -0.2) is 13.0 Å². The highest BCUT2D eigenvalue weighted by molar-refractivity contribution is 9.10. The molecular formula is C27H20BrN3O3. The van der Waals surface area contributed by atoms with Crippen molar-refractivity contribution in [2.75, 3.05) is 12.0 Å². The van der Waals surface area contributed by atoms with E-state index in [1.807, 2.05) is 78.9 Å². The van der Waals surface area contributed by atoms with E-state index in [1.165, 1.54) is 0 Å². The van der Waals surface area contributed by atoms with Crippen LogP contribution in [0.15, 0.2) is 100 Å². The SMILES string of the molecule is COc1ccc2c(c1)C1(C=C(c3cc4cc(Br)ccc4o3)NC=CN1)C(=O)N2c1ccccc1. The molecule has 1 amide bonds. The Labute approximate surface area is 204 Å². The summed E-state index contributed by atoms with van der Waals surface area (Å²) in [7, 11) is 1.62. The second-order valence-electron chi connectivity index (χ2n) is 8.14. The number of nitrogens with one attached hydrogen (secondary N) is 2. The van der Waals surface area contributed by atoms with Crippen molar-refractivity contribution in [3.8, 4) is 5.75 Å². The molecule has 6 nitrogen and oxygen atoms in total. The maximum absolute atomic E-state index is 14.2. The minimum Gasteiger partial charge on any atom is -0.497 e. The van der Waals surface area contributed by atoms with Gasteiger partial charge in [-0.1, -0.05) is 34.1 Å². The summed E-state index contributed by atoms with van der Waals surface area (Å²) in [6, 6.07) is 23.2. The lowest BCUT2D eigenvalue weighted by atomic mass is 9.89. The Morgan fingerprint density at radius 3 is 2.68 bits per heavy atom. The maximum Gasteiger partial charge on any atom is 0.266 e. The fourth-order valence-electron chi connectivity index (χ4n) is 4.56. The first kappa shape index (κ1) is 20.6. The number of rotatable bonds is 3. The number of carbonyl (C=O) groups is 1. The highest BCUT2D eigenvalue weighted by atomic mass is 79.9. The molecule has 4 aromatic rings. The molecule has 6 rings (SSSR count). The normalized spacial score (nSPS) is 18.9. The Kier molecular flexibility index (Phi) is 4.74. The van der Waals surface area contributed by atoms with Crippen molar-refractivity contribution in [1.29, 1.82) is 0 Å². The summed E-state index contributed by atoms with van der Waals surface area (Å²) in [5.74, 6) is 1.19. The van der Waals surface area contributed by atoms with Crippen molar-refractivity contribution in [3.63, 3.8) is 0 Å². The van der Waals surface area contributed by atoms with Crippen LogP contribution >= 0.6 is 15.9 Å². The zero-order valence-corrected chi connectivity index (χ0v) is 19.8. The molecule has 1 atom stereocenters. The lowest BCUT2D eigenvalue weighted by molar-refractivity contribution is -0.121. The summed E-state index contributed by atoms with van der Waals surface area (Å²) < 4.78 is 12.6. The van der Waals surface area contributed by atoms with Gasteiger partial charge in [0.05, 0.1) is 18.5 Å². The molecule has 3 heterocycles. The molecule has 7 heteroatoms. The van der Waals surface area contributed by atoms with Crippen LogP contribution in [0.5, 0.6) is 5.75 Å². The number of para-hydroxylation sites is 1. The van der Waals surface area contributed by atoms with Crippen molar-refractivity contribution < 1.29 is 13.9 Å². The van der Waals surface area contributed by atoms with Crippen LogP contribution in [0.3, 0.4) is 0 Å². The number of ether oxygens (including phenoxy) is 1. The number of nitrogens with zero attached hydrogens (tertiary/aromatic N) is 1. The second-order valence-corrected chi connectivity index (χ2v) is 9.06. The molecule has 2 aliphatic heterocycles. The van der Waals surface area contributed by atoms with Gasteiger partial charge in [0.2, 0.25) is 0 Å². The molecular weight excluding hydrogens is 494 g/mol. The molecule has 0 saturated carbocycles. The highest BCUT2D eigenvalue weighted by Crippen LogP contribution is 2.47. The van der Waals surface area contributed by atoms with Gasteiger partial charge in [0.25, 0.3) is 5.91 Å². The summed E-state index contributed by atoms with van der Waals surface area (Å²) in [5, 5.41) is 7.58. The lowest BCUT2D eigenvalue weighted by Gasteiger charge is -2.26. The van der Waals surface area contributed by atoms with Crippen LogP contribution in [0.25, 0.3) is 16.7 Å². The number of amides is 1. The third-order valence-electron chi connectivity index (χ3n) is 6.16. The quantitative estimate of drug-likeness (QED) is 0.363. The molecule has 0 bridgehead atoms. The van der Waals surface area contributed by atoms with Crippen molar-refractivity contribution in [2.45, 2.75) is 5.54 Å². The minimum absolute atomic E-state index is 0.119. The molecule has 2 aliphatic rings. The monoisotopic (exact) mass is 513 g/mol. The number of halogens is 1. The number of fused-ring (bicyclic) bond motifs is 3. The molecule has 0 radical (unpaired) electrons. The van der Waals surface area contributed by atoms with E-state index >= 15 is 0 Å². The molecule has 34 heavy (non-hydrogen) atoms. The van der Waals surface area contributed by atoms with E-state index in [1.54, 1.807) is 24.4 Å². The van der Waals surface area contributed by atoms with Gasteiger partial charge in [-0.2, -0.15) is 0 Å². The average molecular weight is 514 g/mol. The molecule has 0 saturated heterocycles. The second kappa shape index (κ2) is 7.81. The average Bonchev–Trinajstić information content (AvgIpc) is 3.27. The topological polar surface area (TPSA) is 66.7 Å². The van der Waals surface area contributed by atoms with Crippen LogP contribution in [-0.2, 0) is 10.3 Å². The molecule has 3 aromatic carbocycles. The van der Waals surface area contributed by atoms with Crippen LogP contribution in [0.4, 0.5) is 11.4 Å². The van der Waals surface area contributed by atoms with Gasteiger partial charge in [-0.3, -0.25) is 9.69 Å². The molecule has 168 valence electrons. The molecule has 0 fully saturated rings. The van der Waals surface area contributed by atoms with Gasteiger partial charge in [-0.25, -0.2) is 0 Å². The van der Waals surface area contributed by atoms with E-state index in [4.69, 9.17) is 9.15 Å². The zero-order chi connectivity index (χ0) is 23.3. The predicted octanol–water partition coefficient (Wildman–Crippen LogP) is 5.78.